The van der Waals surface area contributed by atoms with E-state index in [1.807, 2.05) is 20.8 Å². The smallest absolute Gasteiger partial charge is 0.308 e. The summed E-state index contributed by atoms with van der Waals surface area (Å²) >= 11 is 7.32. The van der Waals surface area contributed by atoms with Crippen molar-refractivity contribution in [1.29, 1.82) is 0 Å². The van der Waals surface area contributed by atoms with Crippen molar-refractivity contribution in [3.05, 3.63) is 56.7 Å². The SMILES string of the molecule is CC[C@H](C(=O)Nc1ccc2c(c1)sc(=O)n2C(C)C)N(c1ccc(C)c(Cl)c1)S(C)(=O)=O. The molecule has 1 aromatic heterocycles. The number of anilines is 2. The van der Waals surface area contributed by atoms with E-state index in [0.29, 0.717) is 16.4 Å². The van der Waals surface area contributed by atoms with Crippen molar-refractivity contribution in [2.45, 2.75) is 46.2 Å². The molecule has 0 spiro atoms. The number of amides is 1. The van der Waals surface area contributed by atoms with Gasteiger partial charge in [0, 0.05) is 16.8 Å². The molecule has 1 amide bonds. The van der Waals surface area contributed by atoms with Crippen molar-refractivity contribution in [2.75, 3.05) is 15.9 Å². The van der Waals surface area contributed by atoms with Gasteiger partial charge in [-0.15, -0.1) is 0 Å². The summed E-state index contributed by atoms with van der Waals surface area (Å²) in [5, 5.41) is 3.23. The maximum Gasteiger partial charge on any atom is 0.308 e. The minimum atomic E-state index is -3.77. The van der Waals surface area contributed by atoms with Crippen LogP contribution in [0, 0.1) is 6.92 Å². The van der Waals surface area contributed by atoms with Gasteiger partial charge in [0.25, 0.3) is 0 Å². The number of hydrogen-bond acceptors (Lipinski definition) is 5. The van der Waals surface area contributed by atoms with Crippen molar-refractivity contribution in [3.8, 4) is 0 Å². The molecule has 0 bridgehead atoms. The first-order valence-electron chi connectivity index (χ1n) is 10.2. The summed E-state index contributed by atoms with van der Waals surface area (Å²) in [7, 11) is -3.77. The van der Waals surface area contributed by atoms with Crippen LogP contribution in [0.5, 0.6) is 0 Å². The number of nitrogens with zero attached hydrogens (tertiary/aromatic N) is 2. The Bertz CT molecular complexity index is 1330. The zero-order valence-electron chi connectivity index (χ0n) is 18.5. The molecule has 1 atom stereocenters. The van der Waals surface area contributed by atoms with Gasteiger partial charge in [-0.25, -0.2) is 8.42 Å². The Balaban J connectivity index is 1.96. The van der Waals surface area contributed by atoms with Crippen LogP contribution in [0.3, 0.4) is 0 Å². The maximum absolute atomic E-state index is 13.2. The lowest BCUT2D eigenvalue weighted by Crippen LogP contribution is -2.47. The van der Waals surface area contributed by atoms with Crippen LogP contribution < -0.4 is 14.5 Å². The molecule has 172 valence electrons. The summed E-state index contributed by atoms with van der Waals surface area (Å²) in [4.78, 5) is 25.4. The maximum atomic E-state index is 13.2. The highest BCUT2D eigenvalue weighted by molar-refractivity contribution is 7.92. The summed E-state index contributed by atoms with van der Waals surface area (Å²) in [5.41, 5.74) is 2.43. The normalized spacial score (nSPS) is 12.8. The van der Waals surface area contributed by atoms with Crippen LogP contribution in [0.1, 0.15) is 38.8 Å². The van der Waals surface area contributed by atoms with Gasteiger partial charge in [0.2, 0.25) is 15.9 Å². The van der Waals surface area contributed by atoms with E-state index in [1.54, 1.807) is 47.9 Å². The van der Waals surface area contributed by atoms with Gasteiger partial charge in [0.05, 0.1) is 22.2 Å². The van der Waals surface area contributed by atoms with Crippen molar-refractivity contribution < 1.29 is 13.2 Å². The van der Waals surface area contributed by atoms with Crippen LogP contribution in [0.2, 0.25) is 5.02 Å². The molecule has 7 nitrogen and oxygen atoms in total. The number of benzene rings is 2. The molecule has 32 heavy (non-hydrogen) atoms. The minimum Gasteiger partial charge on any atom is -0.324 e. The van der Waals surface area contributed by atoms with E-state index in [2.05, 4.69) is 5.32 Å². The largest absolute Gasteiger partial charge is 0.324 e. The molecule has 10 heteroatoms. The van der Waals surface area contributed by atoms with Crippen LogP contribution in [-0.4, -0.2) is 31.2 Å². The third kappa shape index (κ3) is 4.84. The standard InChI is InChI=1S/C22H26ClN3O4S2/c1-6-18(26(32(5,29)30)16-9-7-14(4)17(23)12-16)21(27)24-15-8-10-19-20(11-15)31-22(28)25(19)13(2)3/h7-13,18H,6H2,1-5H3,(H,24,27)/t18-/m1/s1. The van der Waals surface area contributed by atoms with E-state index in [9.17, 15) is 18.0 Å². The van der Waals surface area contributed by atoms with Crippen LogP contribution in [-0.2, 0) is 14.8 Å². The van der Waals surface area contributed by atoms with E-state index in [4.69, 9.17) is 11.6 Å². The Morgan fingerprint density at radius 3 is 2.47 bits per heavy atom. The molecule has 0 saturated carbocycles. The van der Waals surface area contributed by atoms with Crippen LogP contribution in [0.15, 0.2) is 41.2 Å². The number of rotatable bonds is 7. The lowest BCUT2D eigenvalue weighted by molar-refractivity contribution is -0.117. The van der Waals surface area contributed by atoms with Gasteiger partial charge >= 0.3 is 4.87 Å². The second-order valence-electron chi connectivity index (χ2n) is 7.92. The summed E-state index contributed by atoms with van der Waals surface area (Å²) < 4.78 is 28.8. The average molecular weight is 496 g/mol. The zero-order chi connectivity index (χ0) is 23.8. The highest BCUT2D eigenvalue weighted by Gasteiger charge is 2.32. The number of nitrogens with one attached hydrogen (secondary N) is 1. The lowest BCUT2D eigenvalue weighted by atomic mass is 10.1. The Morgan fingerprint density at radius 1 is 1.22 bits per heavy atom. The molecule has 2 aromatic carbocycles. The fraction of sp³-hybridized carbons (Fsp3) is 0.364. The van der Waals surface area contributed by atoms with E-state index in [0.717, 1.165) is 37.7 Å². The number of fused-ring (bicyclic) bond motifs is 1. The molecule has 0 aliphatic heterocycles. The van der Waals surface area contributed by atoms with Crippen molar-refractivity contribution in [1.82, 2.24) is 4.57 Å². The number of sulfonamides is 1. The van der Waals surface area contributed by atoms with E-state index < -0.39 is 22.0 Å². The van der Waals surface area contributed by atoms with Crippen LogP contribution in [0.25, 0.3) is 10.2 Å². The monoisotopic (exact) mass is 495 g/mol. The highest BCUT2D eigenvalue weighted by Crippen LogP contribution is 2.29. The van der Waals surface area contributed by atoms with Gasteiger partial charge in [0.15, 0.2) is 0 Å². The third-order valence-electron chi connectivity index (χ3n) is 5.14. The second kappa shape index (κ2) is 9.25. The van der Waals surface area contributed by atoms with Crippen molar-refractivity contribution in [2.24, 2.45) is 0 Å². The molecule has 3 aromatic rings. The summed E-state index contributed by atoms with van der Waals surface area (Å²) in [6.45, 7) is 7.44. The second-order valence-corrected chi connectivity index (χ2v) is 11.2. The first-order valence-corrected chi connectivity index (χ1v) is 13.2. The van der Waals surface area contributed by atoms with Gasteiger partial charge in [0.1, 0.15) is 6.04 Å². The predicted octanol–water partition coefficient (Wildman–Crippen LogP) is 4.79. The lowest BCUT2D eigenvalue weighted by Gasteiger charge is -2.30. The molecule has 0 unspecified atom stereocenters. The van der Waals surface area contributed by atoms with Crippen molar-refractivity contribution in [3.63, 3.8) is 0 Å². The van der Waals surface area contributed by atoms with Gasteiger partial charge in [-0.3, -0.25) is 18.5 Å². The number of aryl methyl sites for hydroxylation is 1. The fourth-order valence-corrected chi connectivity index (χ4v) is 6.04. The number of carbonyl (C=O) groups is 1. The average Bonchev–Trinajstić information content (AvgIpc) is 3.02. The molecular formula is C22H26ClN3O4S2. The first-order chi connectivity index (χ1) is 14.9. The Morgan fingerprint density at radius 2 is 1.91 bits per heavy atom. The first kappa shape index (κ1) is 24.3. The summed E-state index contributed by atoms with van der Waals surface area (Å²) in [6.07, 6.45) is 1.32. The number of thiazole rings is 1. The molecule has 0 fully saturated rings. The van der Waals surface area contributed by atoms with Gasteiger partial charge in [-0.05, 0) is 63.1 Å². The molecule has 1 heterocycles. The molecule has 0 radical (unpaired) electrons. The predicted molar refractivity (Wildman–Crippen MR) is 133 cm³/mol. The van der Waals surface area contributed by atoms with Crippen LogP contribution in [0.4, 0.5) is 11.4 Å². The summed E-state index contributed by atoms with van der Waals surface area (Å²) in [5.74, 6) is -0.468. The zero-order valence-corrected chi connectivity index (χ0v) is 20.9. The van der Waals surface area contributed by atoms with Gasteiger partial charge in [-0.1, -0.05) is 35.9 Å². The molecule has 3 rings (SSSR count). The van der Waals surface area contributed by atoms with Crippen LogP contribution >= 0.6 is 22.9 Å². The van der Waals surface area contributed by atoms with Gasteiger partial charge in [-0.2, -0.15) is 0 Å². The number of halogens is 1. The molecule has 1 N–H and O–H groups in total. The molecule has 0 aliphatic rings. The quantitative estimate of drug-likeness (QED) is 0.510. The van der Waals surface area contributed by atoms with E-state index in [-0.39, 0.29) is 17.3 Å². The minimum absolute atomic E-state index is 0.0193. The molecule has 0 aliphatic carbocycles. The Labute approximate surface area is 196 Å². The van der Waals surface area contributed by atoms with Gasteiger partial charge < -0.3 is 5.32 Å². The number of aromatic nitrogens is 1. The van der Waals surface area contributed by atoms with Crippen molar-refractivity contribution >= 4 is 60.5 Å². The number of hydrogen-bond donors (Lipinski definition) is 1. The highest BCUT2D eigenvalue weighted by atomic mass is 35.5. The Kier molecular flexibility index (Phi) is 7.02. The van der Waals surface area contributed by atoms with E-state index >= 15 is 0 Å². The Hall–Kier alpha value is -2.36. The van der Waals surface area contributed by atoms with E-state index in [1.165, 1.54) is 0 Å². The fourth-order valence-electron chi connectivity index (χ4n) is 3.61. The summed E-state index contributed by atoms with van der Waals surface area (Å²) in [6, 6.07) is 9.18. The number of carbonyl (C=O) groups excluding carboxylic acids is 1. The molecule has 0 saturated heterocycles. The topological polar surface area (TPSA) is 88.5 Å². The molecular weight excluding hydrogens is 470 g/mol. The third-order valence-corrected chi connectivity index (χ3v) is 7.64.